The number of nitrogens with one attached hydrogen (secondary N) is 2. The second-order valence-electron chi connectivity index (χ2n) is 7.65. The van der Waals surface area contributed by atoms with Crippen molar-refractivity contribution in [3.63, 3.8) is 0 Å². The lowest BCUT2D eigenvalue weighted by molar-refractivity contribution is -0.119. The molecule has 0 aliphatic rings. The Morgan fingerprint density at radius 1 is 1.10 bits per heavy atom. The van der Waals surface area contributed by atoms with E-state index in [1.54, 1.807) is 39.0 Å². The van der Waals surface area contributed by atoms with Gasteiger partial charge < -0.3 is 20.1 Å². The molecule has 1 atom stereocenters. The molecule has 2 aromatic rings. The summed E-state index contributed by atoms with van der Waals surface area (Å²) < 4.78 is 10.9. The van der Waals surface area contributed by atoms with Crippen LogP contribution >= 0.6 is 11.6 Å². The van der Waals surface area contributed by atoms with Gasteiger partial charge in [-0.15, -0.1) is 0 Å². The molecule has 2 aromatic carbocycles. The van der Waals surface area contributed by atoms with Gasteiger partial charge in [0.2, 0.25) is 5.91 Å². The zero-order valence-corrected chi connectivity index (χ0v) is 17.9. The summed E-state index contributed by atoms with van der Waals surface area (Å²) in [7, 11) is 0. The monoisotopic (exact) mass is 418 g/mol. The van der Waals surface area contributed by atoms with Crippen LogP contribution in [-0.4, -0.2) is 30.3 Å². The van der Waals surface area contributed by atoms with E-state index in [1.165, 1.54) is 0 Å². The van der Waals surface area contributed by atoms with Crippen LogP contribution in [0.4, 0.5) is 10.5 Å². The maximum Gasteiger partial charge on any atom is 0.408 e. The number of anilines is 1. The van der Waals surface area contributed by atoms with E-state index in [1.807, 2.05) is 37.3 Å². The number of rotatable bonds is 7. The second kappa shape index (κ2) is 10.3. The third-order valence-electron chi connectivity index (χ3n) is 3.83. The number of amides is 2. The number of aryl methyl sites for hydroxylation is 1. The molecule has 29 heavy (non-hydrogen) atoms. The summed E-state index contributed by atoms with van der Waals surface area (Å²) in [6.07, 6.45) is -0.687. The van der Waals surface area contributed by atoms with Crippen LogP contribution in [0.3, 0.4) is 0 Å². The first-order valence-electron chi connectivity index (χ1n) is 9.32. The molecule has 0 fully saturated rings. The Morgan fingerprint density at radius 3 is 2.41 bits per heavy atom. The molecule has 156 valence electrons. The Kier molecular flexibility index (Phi) is 8.05. The van der Waals surface area contributed by atoms with Crippen LogP contribution in [0.25, 0.3) is 0 Å². The van der Waals surface area contributed by atoms with Crippen LogP contribution in [-0.2, 0) is 20.9 Å². The standard InChI is InChI=1S/C22H27ClN2O4/c1-15-12-17(10-11-18(15)23)24-20(26)19(25-21(27)29-22(2,3)4)14-28-13-16-8-6-5-7-9-16/h5-12,19H,13-14H2,1-4H3,(H,24,26)(H,25,27). The lowest BCUT2D eigenvalue weighted by Gasteiger charge is -2.23. The summed E-state index contributed by atoms with van der Waals surface area (Å²) in [6, 6.07) is 13.8. The van der Waals surface area contributed by atoms with Crippen LogP contribution in [0.5, 0.6) is 0 Å². The van der Waals surface area contributed by atoms with Gasteiger partial charge in [0.15, 0.2) is 0 Å². The van der Waals surface area contributed by atoms with E-state index in [0.29, 0.717) is 17.3 Å². The maximum atomic E-state index is 12.8. The smallest absolute Gasteiger partial charge is 0.408 e. The molecule has 0 radical (unpaired) electrons. The van der Waals surface area contributed by atoms with Crippen molar-refractivity contribution in [3.05, 3.63) is 64.7 Å². The molecule has 1 unspecified atom stereocenters. The third kappa shape index (κ3) is 8.13. The average molecular weight is 419 g/mol. The van der Waals surface area contributed by atoms with Gasteiger partial charge in [-0.05, 0) is 57.0 Å². The minimum Gasteiger partial charge on any atom is -0.444 e. The molecule has 0 bridgehead atoms. The summed E-state index contributed by atoms with van der Waals surface area (Å²) in [4.78, 5) is 24.9. The van der Waals surface area contributed by atoms with Gasteiger partial charge in [0.25, 0.3) is 0 Å². The first-order valence-corrected chi connectivity index (χ1v) is 9.70. The van der Waals surface area contributed by atoms with Crippen molar-refractivity contribution in [2.45, 2.75) is 45.9 Å². The summed E-state index contributed by atoms with van der Waals surface area (Å²) in [5, 5.41) is 5.97. The lowest BCUT2D eigenvalue weighted by atomic mass is 10.2. The van der Waals surface area contributed by atoms with Gasteiger partial charge >= 0.3 is 6.09 Å². The van der Waals surface area contributed by atoms with Crippen molar-refractivity contribution >= 4 is 29.3 Å². The van der Waals surface area contributed by atoms with Crippen LogP contribution in [0, 0.1) is 6.92 Å². The molecule has 2 amide bonds. The molecule has 0 saturated carbocycles. The highest BCUT2D eigenvalue weighted by Gasteiger charge is 2.25. The van der Waals surface area contributed by atoms with E-state index < -0.39 is 23.6 Å². The molecule has 6 nitrogen and oxygen atoms in total. The first-order chi connectivity index (χ1) is 13.6. The molecule has 2 rings (SSSR count). The van der Waals surface area contributed by atoms with Gasteiger partial charge in [0, 0.05) is 10.7 Å². The largest absolute Gasteiger partial charge is 0.444 e. The van der Waals surface area contributed by atoms with Crippen molar-refractivity contribution in [1.29, 1.82) is 0 Å². The molecule has 2 N–H and O–H groups in total. The summed E-state index contributed by atoms with van der Waals surface area (Å²) in [5.41, 5.74) is 1.71. The molecule has 0 aliphatic carbocycles. The Labute approximate surface area is 176 Å². The maximum absolute atomic E-state index is 12.8. The SMILES string of the molecule is Cc1cc(NC(=O)C(COCc2ccccc2)NC(=O)OC(C)(C)C)ccc1Cl. The van der Waals surface area contributed by atoms with E-state index in [2.05, 4.69) is 10.6 Å². The minimum atomic E-state index is -0.926. The van der Waals surface area contributed by atoms with Crippen LogP contribution < -0.4 is 10.6 Å². The van der Waals surface area contributed by atoms with Crippen LogP contribution in [0.1, 0.15) is 31.9 Å². The number of alkyl carbamates (subject to hydrolysis) is 1. The number of ether oxygens (including phenoxy) is 2. The van der Waals surface area contributed by atoms with Gasteiger partial charge in [0.1, 0.15) is 11.6 Å². The van der Waals surface area contributed by atoms with Crippen molar-refractivity contribution in [2.75, 3.05) is 11.9 Å². The van der Waals surface area contributed by atoms with Gasteiger partial charge in [-0.2, -0.15) is 0 Å². The highest BCUT2D eigenvalue weighted by molar-refractivity contribution is 6.31. The number of carbonyl (C=O) groups is 2. The third-order valence-corrected chi connectivity index (χ3v) is 4.25. The zero-order valence-electron chi connectivity index (χ0n) is 17.1. The Balaban J connectivity index is 2.03. The number of halogens is 1. The average Bonchev–Trinajstić information content (AvgIpc) is 2.63. The fourth-order valence-corrected chi connectivity index (χ4v) is 2.57. The number of benzene rings is 2. The summed E-state index contributed by atoms with van der Waals surface area (Å²) in [6.45, 7) is 7.42. The number of hydrogen-bond donors (Lipinski definition) is 2. The molecule has 0 spiro atoms. The number of carbonyl (C=O) groups excluding carboxylic acids is 2. The Morgan fingerprint density at radius 2 is 1.79 bits per heavy atom. The quantitative estimate of drug-likeness (QED) is 0.683. The van der Waals surface area contributed by atoms with E-state index >= 15 is 0 Å². The van der Waals surface area contributed by atoms with E-state index in [9.17, 15) is 9.59 Å². The van der Waals surface area contributed by atoms with Crippen molar-refractivity contribution < 1.29 is 19.1 Å². The molecular formula is C22H27ClN2O4. The van der Waals surface area contributed by atoms with Crippen molar-refractivity contribution in [2.24, 2.45) is 0 Å². The van der Waals surface area contributed by atoms with Crippen LogP contribution in [0.15, 0.2) is 48.5 Å². The fourth-order valence-electron chi connectivity index (χ4n) is 2.45. The Bertz CT molecular complexity index is 834. The molecule has 0 saturated heterocycles. The van der Waals surface area contributed by atoms with E-state index in [0.717, 1.165) is 11.1 Å². The van der Waals surface area contributed by atoms with Gasteiger partial charge in [-0.1, -0.05) is 41.9 Å². The van der Waals surface area contributed by atoms with Gasteiger partial charge in [-0.25, -0.2) is 4.79 Å². The van der Waals surface area contributed by atoms with E-state index in [4.69, 9.17) is 21.1 Å². The van der Waals surface area contributed by atoms with Gasteiger partial charge in [0.05, 0.1) is 13.2 Å². The molecular weight excluding hydrogens is 392 g/mol. The topological polar surface area (TPSA) is 76.7 Å². The van der Waals surface area contributed by atoms with Crippen molar-refractivity contribution in [3.8, 4) is 0 Å². The zero-order chi connectivity index (χ0) is 21.4. The highest BCUT2D eigenvalue weighted by Crippen LogP contribution is 2.19. The lowest BCUT2D eigenvalue weighted by Crippen LogP contribution is -2.48. The van der Waals surface area contributed by atoms with Crippen molar-refractivity contribution in [1.82, 2.24) is 5.32 Å². The highest BCUT2D eigenvalue weighted by atomic mass is 35.5. The molecule has 0 aliphatic heterocycles. The Hall–Kier alpha value is -2.57. The summed E-state index contributed by atoms with van der Waals surface area (Å²) in [5.74, 6) is -0.411. The van der Waals surface area contributed by atoms with Crippen LogP contribution in [0.2, 0.25) is 5.02 Å². The summed E-state index contributed by atoms with van der Waals surface area (Å²) >= 11 is 6.03. The predicted octanol–water partition coefficient (Wildman–Crippen LogP) is 4.70. The normalized spacial score (nSPS) is 12.2. The predicted molar refractivity (Wildman–Crippen MR) is 114 cm³/mol. The second-order valence-corrected chi connectivity index (χ2v) is 8.06. The molecule has 7 heteroatoms. The number of hydrogen-bond acceptors (Lipinski definition) is 4. The van der Waals surface area contributed by atoms with Gasteiger partial charge in [-0.3, -0.25) is 4.79 Å². The first kappa shape index (κ1) is 22.7. The molecule has 0 aromatic heterocycles. The van der Waals surface area contributed by atoms with E-state index in [-0.39, 0.29) is 6.61 Å². The fraction of sp³-hybridized carbons (Fsp3) is 0.364. The molecule has 0 heterocycles. The minimum absolute atomic E-state index is 0.00740.